The summed E-state index contributed by atoms with van der Waals surface area (Å²) < 4.78 is 16.8. The highest BCUT2D eigenvalue weighted by Gasteiger charge is 2.13. The first-order chi connectivity index (χ1) is 8.90. The van der Waals surface area contributed by atoms with E-state index in [1.165, 1.54) is 6.07 Å². The van der Waals surface area contributed by atoms with Gasteiger partial charge in [-0.3, -0.25) is 0 Å². The molecule has 0 amide bonds. The molecule has 2 aromatic rings. The van der Waals surface area contributed by atoms with Crippen molar-refractivity contribution in [3.63, 3.8) is 0 Å². The summed E-state index contributed by atoms with van der Waals surface area (Å²) in [5, 5.41) is 0. The largest absolute Gasteiger partial charge is 0.331 e. The van der Waals surface area contributed by atoms with E-state index in [9.17, 15) is 4.39 Å². The van der Waals surface area contributed by atoms with Gasteiger partial charge in [0.2, 0.25) is 0 Å². The lowest BCUT2D eigenvalue weighted by Gasteiger charge is -2.17. The van der Waals surface area contributed by atoms with E-state index in [0.717, 1.165) is 24.0 Å². The third kappa shape index (κ3) is 3.07. The van der Waals surface area contributed by atoms with E-state index >= 15 is 0 Å². The van der Waals surface area contributed by atoms with Gasteiger partial charge in [-0.25, -0.2) is 4.39 Å². The van der Waals surface area contributed by atoms with Gasteiger partial charge in [0.15, 0.2) is 4.77 Å². The Morgan fingerprint density at radius 3 is 2.79 bits per heavy atom. The van der Waals surface area contributed by atoms with Crippen LogP contribution >= 0.6 is 28.1 Å². The minimum absolute atomic E-state index is 0.226. The number of hydrogen-bond donors (Lipinski definition) is 1. The highest BCUT2D eigenvalue weighted by atomic mass is 79.9. The van der Waals surface area contributed by atoms with Crippen LogP contribution in [0.2, 0.25) is 0 Å². The molecule has 0 radical (unpaired) electrons. The van der Waals surface area contributed by atoms with Gasteiger partial charge in [-0.15, -0.1) is 0 Å². The van der Waals surface area contributed by atoms with E-state index in [2.05, 4.69) is 32.7 Å². The van der Waals surface area contributed by atoms with Gasteiger partial charge < -0.3 is 14.5 Å². The van der Waals surface area contributed by atoms with Crippen LogP contribution in [0.15, 0.2) is 16.6 Å². The fourth-order valence-corrected chi connectivity index (χ4v) is 2.86. The molecule has 0 fully saturated rings. The van der Waals surface area contributed by atoms with Crippen LogP contribution in [0, 0.1) is 10.6 Å². The van der Waals surface area contributed by atoms with Crippen LogP contribution in [0.5, 0.6) is 0 Å². The standard InChI is InChI=1S/C13H17BrFN3S/c1-8(4-5-17(2)3)18-12-7-10(15)9(14)6-11(12)16-13(18)19/h6-8H,4-5H2,1-3H3,(H,16,19). The number of H-pyrrole nitrogens is 1. The summed E-state index contributed by atoms with van der Waals surface area (Å²) in [5.41, 5.74) is 1.67. The maximum atomic E-state index is 13.7. The third-order valence-corrected chi connectivity index (χ3v) is 4.10. The number of benzene rings is 1. The summed E-state index contributed by atoms with van der Waals surface area (Å²) in [6.07, 6.45) is 0.964. The zero-order valence-corrected chi connectivity index (χ0v) is 13.6. The van der Waals surface area contributed by atoms with Crippen molar-refractivity contribution in [1.82, 2.24) is 14.5 Å². The van der Waals surface area contributed by atoms with Gasteiger partial charge in [-0.05, 0) is 68.2 Å². The zero-order valence-electron chi connectivity index (χ0n) is 11.2. The van der Waals surface area contributed by atoms with Gasteiger partial charge >= 0.3 is 0 Å². The average molecular weight is 346 g/mol. The Labute approximate surface area is 125 Å². The van der Waals surface area contributed by atoms with E-state index in [0.29, 0.717) is 9.24 Å². The van der Waals surface area contributed by atoms with Crippen LogP contribution in [-0.4, -0.2) is 35.1 Å². The van der Waals surface area contributed by atoms with Crippen molar-refractivity contribution in [2.45, 2.75) is 19.4 Å². The van der Waals surface area contributed by atoms with Crippen LogP contribution in [0.4, 0.5) is 4.39 Å². The Kier molecular flexibility index (Phi) is 4.43. The number of rotatable bonds is 4. The molecular formula is C13H17BrFN3S. The highest BCUT2D eigenvalue weighted by Crippen LogP contribution is 2.26. The van der Waals surface area contributed by atoms with E-state index < -0.39 is 0 Å². The third-order valence-electron chi connectivity index (χ3n) is 3.19. The summed E-state index contributed by atoms with van der Waals surface area (Å²) in [6.45, 7) is 3.07. The molecule has 0 spiro atoms. The minimum atomic E-state index is -0.268. The molecule has 0 aliphatic rings. The second-order valence-corrected chi connectivity index (χ2v) is 6.27. The topological polar surface area (TPSA) is 24.0 Å². The van der Waals surface area contributed by atoms with Crippen molar-refractivity contribution in [3.8, 4) is 0 Å². The first-order valence-electron chi connectivity index (χ1n) is 6.14. The molecule has 1 heterocycles. The molecule has 6 heteroatoms. The monoisotopic (exact) mass is 345 g/mol. The number of aromatic nitrogens is 2. The number of nitrogens with one attached hydrogen (secondary N) is 1. The van der Waals surface area contributed by atoms with Gasteiger partial charge in [0.05, 0.1) is 15.5 Å². The maximum absolute atomic E-state index is 13.7. The quantitative estimate of drug-likeness (QED) is 0.843. The zero-order chi connectivity index (χ0) is 14.2. The number of aromatic amines is 1. The number of halogens is 2. The van der Waals surface area contributed by atoms with Gasteiger partial charge in [-0.2, -0.15) is 0 Å². The number of hydrogen-bond acceptors (Lipinski definition) is 2. The molecule has 19 heavy (non-hydrogen) atoms. The lowest BCUT2D eigenvalue weighted by molar-refractivity contribution is 0.359. The van der Waals surface area contributed by atoms with Crippen molar-refractivity contribution < 1.29 is 4.39 Å². The predicted molar refractivity (Wildman–Crippen MR) is 82.7 cm³/mol. The number of nitrogens with zero attached hydrogens (tertiary/aromatic N) is 2. The fourth-order valence-electron chi connectivity index (χ4n) is 2.13. The van der Waals surface area contributed by atoms with Crippen molar-refractivity contribution in [2.24, 2.45) is 0 Å². The molecule has 1 atom stereocenters. The van der Waals surface area contributed by atoms with Crippen molar-refractivity contribution in [2.75, 3.05) is 20.6 Å². The summed E-state index contributed by atoms with van der Waals surface area (Å²) in [4.78, 5) is 5.26. The van der Waals surface area contributed by atoms with Crippen LogP contribution in [0.1, 0.15) is 19.4 Å². The molecule has 0 saturated heterocycles. The lowest BCUT2D eigenvalue weighted by Crippen LogP contribution is -2.17. The molecular weight excluding hydrogens is 329 g/mol. The lowest BCUT2D eigenvalue weighted by atomic mass is 10.2. The van der Waals surface area contributed by atoms with E-state index in [4.69, 9.17) is 12.2 Å². The van der Waals surface area contributed by atoms with Gasteiger partial charge in [0.25, 0.3) is 0 Å². The number of imidazole rings is 1. The molecule has 104 valence electrons. The molecule has 0 saturated carbocycles. The van der Waals surface area contributed by atoms with Gasteiger partial charge in [-0.1, -0.05) is 0 Å². The summed E-state index contributed by atoms with van der Waals surface area (Å²) >= 11 is 8.54. The predicted octanol–water partition coefficient (Wildman–Crippen LogP) is 4.11. The highest BCUT2D eigenvalue weighted by molar-refractivity contribution is 9.10. The molecule has 1 aromatic heterocycles. The molecule has 0 bridgehead atoms. The molecule has 2 rings (SSSR count). The average Bonchev–Trinajstić information content (AvgIpc) is 2.62. The van der Waals surface area contributed by atoms with Crippen molar-refractivity contribution in [3.05, 3.63) is 27.2 Å². The Bertz CT molecular complexity index is 647. The second-order valence-electron chi connectivity index (χ2n) is 5.02. The van der Waals surface area contributed by atoms with Crippen LogP contribution < -0.4 is 0 Å². The van der Waals surface area contributed by atoms with E-state index in [-0.39, 0.29) is 11.9 Å². The Balaban J connectivity index is 2.45. The maximum Gasteiger partial charge on any atom is 0.178 e. The molecule has 1 aromatic carbocycles. The Hall–Kier alpha value is -0.720. The SMILES string of the molecule is CC(CCN(C)C)n1c(=S)[nH]c2cc(Br)c(F)cc21. The first-order valence-corrected chi connectivity index (χ1v) is 7.34. The molecule has 1 unspecified atom stereocenters. The van der Waals surface area contributed by atoms with E-state index in [1.807, 2.05) is 18.7 Å². The smallest absolute Gasteiger partial charge is 0.178 e. The summed E-state index contributed by atoms with van der Waals surface area (Å²) in [5.74, 6) is -0.268. The molecule has 3 nitrogen and oxygen atoms in total. The first kappa shape index (κ1) is 14.7. The van der Waals surface area contributed by atoms with Crippen LogP contribution in [0.25, 0.3) is 11.0 Å². The van der Waals surface area contributed by atoms with Gasteiger partial charge in [0, 0.05) is 12.1 Å². The molecule has 1 N–H and O–H groups in total. The Morgan fingerprint density at radius 2 is 2.16 bits per heavy atom. The number of fused-ring (bicyclic) bond motifs is 1. The van der Waals surface area contributed by atoms with Crippen molar-refractivity contribution >= 4 is 39.2 Å². The fraction of sp³-hybridized carbons (Fsp3) is 0.462. The van der Waals surface area contributed by atoms with Crippen molar-refractivity contribution in [1.29, 1.82) is 0 Å². The summed E-state index contributed by atoms with van der Waals surface area (Å²) in [7, 11) is 4.08. The van der Waals surface area contributed by atoms with Gasteiger partial charge in [0.1, 0.15) is 5.82 Å². The molecule has 0 aliphatic carbocycles. The van der Waals surface area contributed by atoms with E-state index in [1.54, 1.807) is 6.07 Å². The minimum Gasteiger partial charge on any atom is -0.331 e. The normalized spacial score (nSPS) is 13.4. The van der Waals surface area contributed by atoms with Crippen LogP contribution in [-0.2, 0) is 0 Å². The Morgan fingerprint density at radius 1 is 1.47 bits per heavy atom. The molecule has 0 aliphatic heterocycles. The van der Waals surface area contributed by atoms with Crippen LogP contribution in [0.3, 0.4) is 0 Å². The second kappa shape index (κ2) is 5.73. The summed E-state index contributed by atoms with van der Waals surface area (Å²) in [6, 6.07) is 3.48.